The summed E-state index contributed by atoms with van der Waals surface area (Å²) in [7, 11) is 0. The van der Waals surface area contributed by atoms with Gasteiger partial charge in [-0.2, -0.15) is 0 Å². The lowest BCUT2D eigenvalue weighted by atomic mass is 9.77. The Bertz CT molecular complexity index is 397. The number of hydrogen-bond donors (Lipinski definition) is 2. The molecule has 1 amide bonds. The van der Waals surface area contributed by atoms with E-state index in [0.717, 1.165) is 25.7 Å². The normalized spacial score (nSPS) is 27.2. The molecule has 1 aromatic rings. The Morgan fingerprint density at radius 3 is 2.84 bits per heavy atom. The van der Waals surface area contributed by atoms with Crippen LogP contribution in [0.2, 0.25) is 0 Å². The Kier molecular flexibility index (Phi) is 4.52. The van der Waals surface area contributed by atoms with E-state index in [0.29, 0.717) is 18.9 Å². The smallest absolute Gasteiger partial charge is 0.222 e. The summed E-state index contributed by atoms with van der Waals surface area (Å²) in [5.41, 5.74) is -0.411. The average molecular weight is 266 g/mol. The van der Waals surface area contributed by atoms with E-state index >= 15 is 0 Å². The molecule has 106 valence electrons. The van der Waals surface area contributed by atoms with Gasteiger partial charge in [0.1, 0.15) is 0 Å². The Morgan fingerprint density at radius 1 is 1.53 bits per heavy atom. The molecule has 0 radical (unpaired) electrons. The Labute approximate surface area is 113 Å². The van der Waals surface area contributed by atoms with Crippen LogP contribution in [0.4, 0.5) is 0 Å². The van der Waals surface area contributed by atoms with E-state index in [1.807, 2.05) is 0 Å². The lowest BCUT2D eigenvalue weighted by Gasteiger charge is -2.38. The van der Waals surface area contributed by atoms with Gasteiger partial charge in [0, 0.05) is 12.6 Å². The third-order valence-corrected chi connectivity index (χ3v) is 3.98. The molecular formula is C13H22N4O2. The van der Waals surface area contributed by atoms with E-state index < -0.39 is 5.54 Å². The molecule has 1 heterocycles. The zero-order chi connectivity index (χ0) is 13.7. The molecule has 0 atom stereocenters. The number of carbonyl (C=O) groups is 1. The van der Waals surface area contributed by atoms with Crippen LogP contribution < -0.4 is 5.32 Å². The first-order valence-electron chi connectivity index (χ1n) is 6.89. The number of aliphatic hydroxyl groups is 1. The van der Waals surface area contributed by atoms with Gasteiger partial charge in [0.25, 0.3) is 0 Å². The van der Waals surface area contributed by atoms with E-state index in [-0.39, 0.29) is 12.5 Å². The van der Waals surface area contributed by atoms with Crippen LogP contribution in [0, 0.1) is 5.92 Å². The molecule has 6 heteroatoms. The standard InChI is InChI=1S/C13H22N4O2/c1-11-2-5-13(10-18,6-3-11)15-12(19)4-8-17-9-7-14-16-17/h7,9,11,18H,2-6,8,10H2,1H3,(H,15,19). The van der Waals surface area contributed by atoms with Crippen LogP contribution in [-0.4, -0.2) is 38.2 Å². The highest BCUT2D eigenvalue weighted by Gasteiger charge is 2.34. The highest BCUT2D eigenvalue weighted by Crippen LogP contribution is 2.31. The summed E-state index contributed by atoms with van der Waals surface area (Å²) in [6.07, 6.45) is 7.53. The lowest BCUT2D eigenvalue weighted by molar-refractivity contribution is -0.124. The topological polar surface area (TPSA) is 80.0 Å². The minimum absolute atomic E-state index is 0.0226. The van der Waals surface area contributed by atoms with Crippen molar-refractivity contribution >= 4 is 5.91 Å². The molecule has 1 saturated carbocycles. The minimum Gasteiger partial charge on any atom is -0.394 e. The van der Waals surface area contributed by atoms with E-state index in [2.05, 4.69) is 22.6 Å². The van der Waals surface area contributed by atoms with Gasteiger partial charge in [0.15, 0.2) is 0 Å². The van der Waals surface area contributed by atoms with Gasteiger partial charge in [-0.25, -0.2) is 0 Å². The van der Waals surface area contributed by atoms with Gasteiger partial charge < -0.3 is 10.4 Å². The third kappa shape index (κ3) is 3.76. The molecular weight excluding hydrogens is 244 g/mol. The lowest BCUT2D eigenvalue weighted by Crippen LogP contribution is -2.53. The summed E-state index contributed by atoms with van der Waals surface area (Å²) in [5, 5.41) is 20.1. The zero-order valence-electron chi connectivity index (χ0n) is 11.4. The molecule has 1 fully saturated rings. The van der Waals surface area contributed by atoms with Crippen LogP contribution in [0.1, 0.15) is 39.0 Å². The highest BCUT2D eigenvalue weighted by atomic mass is 16.3. The van der Waals surface area contributed by atoms with Crippen molar-refractivity contribution in [2.75, 3.05) is 6.61 Å². The highest BCUT2D eigenvalue weighted by molar-refractivity contribution is 5.76. The summed E-state index contributed by atoms with van der Waals surface area (Å²) >= 11 is 0. The monoisotopic (exact) mass is 266 g/mol. The maximum atomic E-state index is 12.0. The van der Waals surface area contributed by atoms with Crippen LogP contribution in [0.5, 0.6) is 0 Å². The van der Waals surface area contributed by atoms with Crippen molar-refractivity contribution in [2.24, 2.45) is 5.92 Å². The SMILES string of the molecule is CC1CCC(CO)(NC(=O)CCn2ccnn2)CC1. The van der Waals surface area contributed by atoms with Crippen molar-refractivity contribution in [3.8, 4) is 0 Å². The van der Waals surface area contributed by atoms with Crippen molar-refractivity contribution in [3.63, 3.8) is 0 Å². The van der Waals surface area contributed by atoms with Gasteiger partial charge >= 0.3 is 0 Å². The number of aryl methyl sites for hydroxylation is 1. The number of aromatic nitrogens is 3. The number of amides is 1. The molecule has 19 heavy (non-hydrogen) atoms. The first-order chi connectivity index (χ1) is 9.13. The van der Waals surface area contributed by atoms with Crippen molar-refractivity contribution < 1.29 is 9.90 Å². The fraction of sp³-hybridized carbons (Fsp3) is 0.769. The number of nitrogens with zero attached hydrogens (tertiary/aromatic N) is 3. The average Bonchev–Trinajstić information content (AvgIpc) is 2.93. The molecule has 0 aliphatic heterocycles. The van der Waals surface area contributed by atoms with Gasteiger partial charge in [-0.3, -0.25) is 9.48 Å². The minimum atomic E-state index is -0.411. The van der Waals surface area contributed by atoms with E-state index in [1.54, 1.807) is 17.1 Å². The fourth-order valence-electron chi connectivity index (χ4n) is 2.56. The van der Waals surface area contributed by atoms with Crippen molar-refractivity contribution in [1.82, 2.24) is 20.3 Å². The van der Waals surface area contributed by atoms with Gasteiger partial charge in [-0.05, 0) is 31.6 Å². The summed E-state index contributed by atoms with van der Waals surface area (Å²) in [6.45, 7) is 2.76. The molecule has 1 aliphatic carbocycles. The van der Waals surface area contributed by atoms with Crippen LogP contribution in [0.3, 0.4) is 0 Å². The Hall–Kier alpha value is -1.43. The summed E-state index contributed by atoms with van der Waals surface area (Å²) in [4.78, 5) is 12.0. The quantitative estimate of drug-likeness (QED) is 0.823. The second kappa shape index (κ2) is 6.14. The summed E-state index contributed by atoms with van der Waals surface area (Å²) in [6, 6.07) is 0. The molecule has 0 bridgehead atoms. The van der Waals surface area contributed by atoms with E-state index in [1.165, 1.54) is 0 Å². The molecule has 1 aromatic heterocycles. The Balaban J connectivity index is 1.82. The third-order valence-electron chi connectivity index (χ3n) is 3.98. The van der Waals surface area contributed by atoms with Gasteiger partial charge in [-0.1, -0.05) is 12.1 Å². The molecule has 0 spiro atoms. The van der Waals surface area contributed by atoms with Gasteiger partial charge in [0.05, 0.1) is 24.9 Å². The predicted octanol–water partition coefficient (Wildman–Crippen LogP) is 0.726. The number of carbonyl (C=O) groups excluding carboxylic acids is 1. The first kappa shape index (κ1) is 14.0. The number of aliphatic hydroxyl groups excluding tert-OH is 1. The molecule has 2 N–H and O–H groups in total. The maximum absolute atomic E-state index is 12.0. The Morgan fingerprint density at radius 2 is 2.26 bits per heavy atom. The van der Waals surface area contributed by atoms with Crippen LogP contribution in [0.15, 0.2) is 12.4 Å². The number of nitrogens with one attached hydrogen (secondary N) is 1. The van der Waals surface area contributed by atoms with Crippen molar-refractivity contribution in [1.29, 1.82) is 0 Å². The second-order valence-electron chi connectivity index (χ2n) is 5.59. The van der Waals surface area contributed by atoms with Crippen LogP contribution in [-0.2, 0) is 11.3 Å². The molecule has 0 unspecified atom stereocenters. The second-order valence-corrected chi connectivity index (χ2v) is 5.59. The van der Waals surface area contributed by atoms with Crippen molar-refractivity contribution in [2.45, 2.75) is 51.1 Å². The summed E-state index contributed by atoms with van der Waals surface area (Å²) < 4.78 is 1.63. The van der Waals surface area contributed by atoms with E-state index in [9.17, 15) is 9.90 Å². The predicted molar refractivity (Wildman–Crippen MR) is 70.2 cm³/mol. The molecule has 0 aromatic carbocycles. The molecule has 6 nitrogen and oxygen atoms in total. The molecule has 2 rings (SSSR count). The number of hydrogen-bond acceptors (Lipinski definition) is 4. The molecule has 0 saturated heterocycles. The molecule has 1 aliphatic rings. The zero-order valence-corrected chi connectivity index (χ0v) is 11.4. The van der Waals surface area contributed by atoms with Crippen LogP contribution in [0.25, 0.3) is 0 Å². The first-order valence-corrected chi connectivity index (χ1v) is 6.89. The van der Waals surface area contributed by atoms with Gasteiger partial charge in [0.2, 0.25) is 5.91 Å². The largest absolute Gasteiger partial charge is 0.394 e. The van der Waals surface area contributed by atoms with E-state index in [4.69, 9.17) is 0 Å². The van der Waals surface area contributed by atoms with Crippen LogP contribution >= 0.6 is 0 Å². The summed E-state index contributed by atoms with van der Waals surface area (Å²) in [5.74, 6) is 0.658. The fourth-order valence-corrected chi connectivity index (χ4v) is 2.56. The van der Waals surface area contributed by atoms with Gasteiger partial charge in [-0.15, -0.1) is 5.10 Å². The maximum Gasteiger partial charge on any atom is 0.222 e. The number of rotatable bonds is 5. The van der Waals surface area contributed by atoms with Crippen molar-refractivity contribution in [3.05, 3.63) is 12.4 Å².